The molecule has 0 saturated carbocycles. The van der Waals surface area contributed by atoms with Crippen LogP contribution in [0.1, 0.15) is 47.5 Å². The van der Waals surface area contributed by atoms with Gasteiger partial charge in [-0.05, 0) is 6.42 Å². The zero-order chi connectivity index (χ0) is 14.9. The lowest BCUT2D eigenvalue weighted by Gasteiger charge is -2.18. The number of hydrogen-bond acceptors (Lipinski definition) is 5. The van der Waals surface area contributed by atoms with Gasteiger partial charge >= 0.3 is 5.97 Å². The summed E-state index contributed by atoms with van der Waals surface area (Å²) < 4.78 is 4.90. The molecule has 0 aliphatic rings. The van der Waals surface area contributed by atoms with Crippen molar-refractivity contribution in [3.63, 3.8) is 0 Å². The van der Waals surface area contributed by atoms with Crippen LogP contribution >= 0.6 is 21.6 Å². The first-order valence-electron chi connectivity index (χ1n) is 6.31. The molecule has 1 atom stereocenters. The van der Waals surface area contributed by atoms with Crippen LogP contribution in [0.3, 0.4) is 0 Å². The second-order valence-corrected chi connectivity index (χ2v) is 8.44. The number of carbonyl (C=O) groups excluding carboxylic acids is 2. The molecule has 0 heterocycles. The Morgan fingerprint density at radius 1 is 1.35 bits per heavy atom. The van der Waals surface area contributed by atoms with Gasteiger partial charge in [0.2, 0.25) is 0 Å². The van der Waals surface area contributed by atoms with E-state index in [2.05, 4.69) is 27.4 Å². The Kier molecular flexibility index (Phi) is 12.3. The predicted octanol–water partition coefficient (Wildman–Crippen LogP) is 4.52. The normalized spacial score (nSPS) is 12.2. The SMILES string of the molecule is C.C=CCCC(=O)CC(CSSC(C)(C)C)C(=O)OC. The number of methoxy groups -OCH3 is 1. The standard InChI is InChI=1S/C14H24O3S2.CH4/c1-6-7-8-12(15)9-11(13(16)17-5)10-18-19-14(2,3)4;/h6,11H,1,7-10H2,2-5H3;1H4. The van der Waals surface area contributed by atoms with E-state index in [0.29, 0.717) is 18.6 Å². The van der Waals surface area contributed by atoms with Crippen molar-refractivity contribution in [2.24, 2.45) is 5.92 Å². The van der Waals surface area contributed by atoms with Gasteiger partial charge in [0, 0.05) is 23.3 Å². The predicted molar refractivity (Wildman–Crippen MR) is 91.1 cm³/mol. The molecule has 0 aliphatic carbocycles. The first-order valence-corrected chi connectivity index (χ1v) is 8.63. The average molecular weight is 321 g/mol. The molecule has 5 heteroatoms. The van der Waals surface area contributed by atoms with Crippen LogP contribution in [0.5, 0.6) is 0 Å². The quantitative estimate of drug-likeness (QED) is 0.355. The summed E-state index contributed by atoms with van der Waals surface area (Å²) in [5.74, 6) is 0.0572. The largest absolute Gasteiger partial charge is 0.469 e. The van der Waals surface area contributed by atoms with E-state index in [-0.39, 0.29) is 36.3 Å². The first-order chi connectivity index (χ1) is 8.80. The molecule has 0 aromatic heterocycles. The second-order valence-electron chi connectivity index (χ2n) is 5.27. The highest BCUT2D eigenvalue weighted by molar-refractivity contribution is 8.77. The number of ether oxygens (including phenoxy) is 1. The van der Waals surface area contributed by atoms with Gasteiger partial charge in [-0.1, -0.05) is 55.9 Å². The lowest BCUT2D eigenvalue weighted by Crippen LogP contribution is -2.22. The van der Waals surface area contributed by atoms with Gasteiger partial charge in [-0.2, -0.15) is 0 Å². The molecule has 118 valence electrons. The maximum atomic E-state index is 11.7. The number of allylic oxidation sites excluding steroid dienone is 1. The molecule has 0 rings (SSSR count). The van der Waals surface area contributed by atoms with Crippen LogP contribution in [0.25, 0.3) is 0 Å². The van der Waals surface area contributed by atoms with Crippen LogP contribution in [-0.2, 0) is 14.3 Å². The van der Waals surface area contributed by atoms with Gasteiger partial charge in [0.1, 0.15) is 5.78 Å². The number of rotatable bonds is 9. The van der Waals surface area contributed by atoms with Crippen molar-refractivity contribution in [3.05, 3.63) is 12.7 Å². The van der Waals surface area contributed by atoms with Crippen molar-refractivity contribution >= 4 is 33.3 Å². The molecule has 0 aliphatic heterocycles. The highest BCUT2D eigenvalue weighted by Gasteiger charge is 2.23. The van der Waals surface area contributed by atoms with E-state index in [1.165, 1.54) is 7.11 Å². The Morgan fingerprint density at radius 3 is 2.40 bits per heavy atom. The van der Waals surface area contributed by atoms with E-state index in [4.69, 9.17) is 4.74 Å². The van der Waals surface area contributed by atoms with E-state index >= 15 is 0 Å². The van der Waals surface area contributed by atoms with Crippen molar-refractivity contribution in [2.45, 2.75) is 52.2 Å². The number of hydrogen-bond donors (Lipinski definition) is 0. The lowest BCUT2D eigenvalue weighted by atomic mass is 10.0. The van der Waals surface area contributed by atoms with Crippen LogP contribution in [0.2, 0.25) is 0 Å². The maximum Gasteiger partial charge on any atom is 0.309 e. The van der Waals surface area contributed by atoms with Crippen molar-refractivity contribution in [1.82, 2.24) is 0 Å². The van der Waals surface area contributed by atoms with Gasteiger partial charge in [-0.15, -0.1) is 6.58 Å². The molecule has 0 aromatic rings. The van der Waals surface area contributed by atoms with E-state index in [0.717, 1.165) is 0 Å². The van der Waals surface area contributed by atoms with Crippen LogP contribution in [0.15, 0.2) is 12.7 Å². The molecule has 0 spiro atoms. The molecule has 20 heavy (non-hydrogen) atoms. The Hall–Kier alpha value is -0.420. The fraction of sp³-hybridized carbons (Fsp3) is 0.733. The molecule has 3 nitrogen and oxygen atoms in total. The highest BCUT2D eigenvalue weighted by Crippen LogP contribution is 2.36. The Balaban J connectivity index is 0. The fourth-order valence-corrected chi connectivity index (χ4v) is 3.91. The van der Waals surface area contributed by atoms with Crippen LogP contribution in [-0.4, -0.2) is 29.4 Å². The van der Waals surface area contributed by atoms with E-state index in [1.54, 1.807) is 27.7 Å². The van der Waals surface area contributed by atoms with Crippen LogP contribution in [0.4, 0.5) is 0 Å². The zero-order valence-corrected chi connectivity index (χ0v) is 13.9. The molecule has 0 bridgehead atoms. The topological polar surface area (TPSA) is 43.4 Å². The van der Waals surface area contributed by atoms with Crippen molar-refractivity contribution in [1.29, 1.82) is 0 Å². The number of ketones is 1. The summed E-state index contributed by atoms with van der Waals surface area (Å²) in [6, 6.07) is 0. The number of Topliss-reactive ketones (excluding diaryl/α,β-unsaturated/α-hetero) is 1. The molecule has 0 radical (unpaired) electrons. The van der Waals surface area contributed by atoms with Gasteiger partial charge in [0.15, 0.2) is 0 Å². The third-order valence-electron chi connectivity index (χ3n) is 2.21. The fourth-order valence-electron chi connectivity index (χ4n) is 1.31. The van der Waals surface area contributed by atoms with Crippen LogP contribution < -0.4 is 0 Å². The lowest BCUT2D eigenvalue weighted by molar-refractivity contribution is -0.146. The summed E-state index contributed by atoms with van der Waals surface area (Å²) >= 11 is 0. The third-order valence-corrected chi connectivity index (χ3v) is 5.63. The number of carbonyl (C=O) groups is 2. The minimum atomic E-state index is -0.345. The summed E-state index contributed by atoms with van der Waals surface area (Å²) in [6.07, 6.45) is 3.10. The van der Waals surface area contributed by atoms with Gasteiger partial charge in [-0.3, -0.25) is 9.59 Å². The number of esters is 1. The molecule has 0 N–H and O–H groups in total. The first kappa shape index (κ1) is 21.9. The molecule has 0 amide bonds. The minimum Gasteiger partial charge on any atom is -0.469 e. The van der Waals surface area contributed by atoms with Crippen LogP contribution in [0, 0.1) is 5.92 Å². The third kappa shape index (κ3) is 11.4. The smallest absolute Gasteiger partial charge is 0.309 e. The Bertz CT molecular complexity index is 309. The summed E-state index contributed by atoms with van der Waals surface area (Å²) in [4.78, 5) is 23.4. The van der Waals surface area contributed by atoms with E-state index in [9.17, 15) is 9.59 Å². The molecule has 0 saturated heterocycles. The summed E-state index contributed by atoms with van der Waals surface area (Å²) in [5.41, 5.74) is 0. The maximum absolute atomic E-state index is 11.7. The summed E-state index contributed by atoms with van der Waals surface area (Å²) in [6.45, 7) is 9.94. The summed E-state index contributed by atoms with van der Waals surface area (Å²) in [7, 11) is 4.70. The minimum absolute atomic E-state index is 0. The van der Waals surface area contributed by atoms with E-state index < -0.39 is 0 Å². The Labute approximate surface area is 131 Å². The van der Waals surface area contributed by atoms with Crippen molar-refractivity contribution in [3.8, 4) is 0 Å². The molecule has 0 aromatic carbocycles. The monoisotopic (exact) mass is 320 g/mol. The Morgan fingerprint density at radius 2 is 1.95 bits per heavy atom. The highest BCUT2D eigenvalue weighted by atomic mass is 33.1. The van der Waals surface area contributed by atoms with Crippen molar-refractivity contribution in [2.75, 3.05) is 12.9 Å². The second kappa shape index (κ2) is 11.3. The molecule has 0 fully saturated rings. The van der Waals surface area contributed by atoms with Gasteiger partial charge in [0.05, 0.1) is 13.0 Å². The van der Waals surface area contributed by atoms with Crippen molar-refractivity contribution < 1.29 is 14.3 Å². The summed E-state index contributed by atoms with van der Waals surface area (Å²) in [5, 5.41) is 0. The zero-order valence-electron chi connectivity index (χ0n) is 12.2. The van der Waals surface area contributed by atoms with Gasteiger partial charge in [-0.25, -0.2) is 0 Å². The molecular formula is C15H28O3S2. The molecule has 1 unspecified atom stereocenters. The van der Waals surface area contributed by atoms with E-state index in [1.807, 2.05) is 0 Å². The van der Waals surface area contributed by atoms with Gasteiger partial charge < -0.3 is 4.74 Å². The van der Waals surface area contributed by atoms with Gasteiger partial charge in [0.25, 0.3) is 0 Å². The average Bonchev–Trinajstić information content (AvgIpc) is 2.32. The molecular weight excluding hydrogens is 292 g/mol.